The van der Waals surface area contributed by atoms with Gasteiger partial charge in [-0.2, -0.15) is 0 Å². The van der Waals surface area contributed by atoms with E-state index in [4.69, 9.17) is 5.11 Å². The van der Waals surface area contributed by atoms with E-state index in [1.165, 1.54) is 5.01 Å². The fourth-order valence-corrected chi connectivity index (χ4v) is 1.50. The molecule has 0 aliphatic carbocycles. The summed E-state index contributed by atoms with van der Waals surface area (Å²) in [4.78, 5) is 14.5. The number of hydrogen-bond donors (Lipinski definition) is 1. The molecule has 1 N–H and O–H groups in total. The lowest BCUT2D eigenvalue weighted by Gasteiger charge is -2.22. The van der Waals surface area contributed by atoms with Crippen molar-refractivity contribution < 1.29 is 5.11 Å². The van der Waals surface area contributed by atoms with E-state index in [1.807, 2.05) is 6.07 Å². The number of pyridine rings is 1. The number of aliphatic hydroxyl groups is 1. The van der Waals surface area contributed by atoms with Gasteiger partial charge in [0.2, 0.25) is 0 Å². The maximum atomic E-state index is 10.5. The molecule has 1 heterocycles. The summed E-state index contributed by atoms with van der Waals surface area (Å²) in [5.74, 6) is 0.105. The van der Waals surface area contributed by atoms with Crippen molar-refractivity contribution in [2.24, 2.45) is 5.29 Å². The molecule has 86 valence electrons. The van der Waals surface area contributed by atoms with Crippen LogP contribution >= 0.6 is 0 Å². The van der Waals surface area contributed by atoms with Crippen LogP contribution in [0.2, 0.25) is 0 Å². The van der Waals surface area contributed by atoms with Crippen LogP contribution in [0.15, 0.2) is 42.2 Å². The van der Waals surface area contributed by atoms with Gasteiger partial charge in [0.1, 0.15) is 0 Å². The molecule has 1 atom stereocenters. The van der Waals surface area contributed by atoms with E-state index in [0.717, 1.165) is 5.56 Å². The Morgan fingerprint density at radius 2 is 2.50 bits per heavy atom. The molecule has 0 aliphatic rings. The number of nitroso groups, excluding NO2 is 1. The number of aliphatic hydroxyl groups excluding tert-OH is 1. The van der Waals surface area contributed by atoms with Crippen molar-refractivity contribution in [2.45, 2.75) is 18.9 Å². The lowest BCUT2D eigenvalue weighted by Crippen LogP contribution is -2.18. The molecule has 0 aliphatic heterocycles. The van der Waals surface area contributed by atoms with Gasteiger partial charge < -0.3 is 5.11 Å². The smallest absolute Gasteiger partial charge is 0.0852 e. The van der Waals surface area contributed by atoms with Gasteiger partial charge in [0.25, 0.3) is 0 Å². The molecule has 1 rings (SSSR count). The van der Waals surface area contributed by atoms with Crippen LogP contribution in [-0.4, -0.2) is 22.1 Å². The first-order valence-electron chi connectivity index (χ1n) is 4.98. The Labute approximate surface area is 94.4 Å². The minimum Gasteiger partial charge on any atom is -0.513 e. The van der Waals surface area contributed by atoms with Gasteiger partial charge in [0, 0.05) is 25.9 Å². The maximum absolute atomic E-state index is 10.5. The highest BCUT2D eigenvalue weighted by Gasteiger charge is 2.17. The zero-order valence-electron chi connectivity index (χ0n) is 9.21. The van der Waals surface area contributed by atoms with Gasteiger partial charge in [-0.05, 0) is 18.1 Å². The first-order valence-corrected chi connectivity index (χ1v) is 4.98. The molecular weight excluding hydrogens is 206 g/mol. The molecule has 0 aromatic carbocycles. The minimum atomic E-state index is -0.185. The number of hydrogen-bond acceptors (Lipinski definition) is 4. The first kappa shape index (κ1) is 12.2. The summed E-state index contributed by atoms with van der Waals surface area (Å²) in [5.41, 5.74) is 0.894. The van der Waals surface area contributed by atoms with E-state index in [9.17, 15) is 4.91 Å². The highest BCUT2D eigenvalue weighted by atomic mass is 16.3. The van der Waals surface area contributed by atoms with Crippen LogP contribution < -0.4 is 0 Å². The van der Waals surface area contributed by atoms with Crippen molar-refractivity contribution in [3.05, 3.63) is 47.3 Å². The quantitative estimate of drug-likeness (QED) is 0.455. The molecule has 0 bridgehead atoms. The van der Waals surface area contributed by atoms with Gasteiger partial charge in [0.05, 0.1) is 17.1 Å². The van der Waals surface area contributed by atoms with Crippen LogP contribution in [0.3, 0.4) is 0 Å². The number of aromatic nitrogens is 1. The molecule has 0 spiro atoms. The van der Waals surface area contributed by atoms with Crippen LogP contribution in [0.4, 0.5) is 0 Å². The molecular formula is C11H15N3O2. The molecule has 0 saturated carbocycles. The average molecular weight is 221 g/mol. The summed E-state index contributed by atoms with van der Waals surface area (Å²) in [6.07, 6.45) is 4.36. The molecule has 0 amide bonds. The molecule has 5 nitrogen and oxygen atoms in total. The average Bonchev–Trinajstić information content (AvgIpc) is 2.30. The SMILES string of the molecule is C=C(O)CCC(c1cccnc1)N(C)N=O. The monoisotopic (exact) mass is 221 g/mol. The van der Waals surface area contributed by atoms with Crippen LogP contribution in [0, 0.1) is 4.91 Å². The van der Waals surface area contributed by atoms with Gasteiger partial charge >= 0.3 is 0 Å². The predicted molar refractivity (Wildman–Crippen MR) is 61.5 cm³/mol. The van der Waals surface area contributed by atoms with Gasteiger partial charge in [-0.3, -0.25) is 9.99 Å². The summed E-state index contributed by atoms with van der Waals surface area (Å²) >= 11 is 0. The Morgan fingerprint density at radius 1 is 1.75 bits per heavy atom. The second-order valence-electron chi connectivity index (χ2n) is 3.56. The van der Waals surface area contributed by atoms with Gasteiger partial charge in [-0.15, -0.1) is 4.91 Å². The summed E-state index contributed by atoms with van der Waals surface area (Å²) < 4.78 is 0. The van der Waals surface area contributed by atoms with Gasteiger partial charge in [0.15, 0.2) is 0 Å². The zero-order chi connectivity index (χ0) is 12.0. The second-order valence-corrected chi connectivity index (χ2v) is 3.56. The topological polar surface area (TPSA) is 65.8 Å². The molecule has 1 aromatic heterocycles. The normalized spacial score (nSPS) is 11.8. The summed E-state index contributed by atoms with van der Waals surface area (Å²) in [7, 11) is 1.60. The van der Waals surface area contributed by atoms with Gasteiger partial charge in [-0.1, -0.05) is 12.6 Å². The molecule has 5 heteroatoms. The Morgan fingerprint density at radius 3 is 3.00 bits per heavy atom. The van der Waals surface area contributed by atoms with Crippen molar-refractivity contribution in [1.82, 2.24) is 9.99 Å². The highest BCUT2D eigenvalue weighted by molar-refractivity contribution is 5.14. The molecule has 1 unspecified atom stereocenters. The third-order valence-corrected chi connectivity index (χ3v) is 2.36. The van der Waals surface area contributed by atoms with Crippen LogP contribution in [-0.2, 0) is 0 Å². The number of nitrogens with zero attached hydrogens (tertiary/aromatic N) is 3. The Balaban J connectivity index is 2.79. The predicted octanol–water partition coefficient (Wildman–Crippen LogP) is 2.59. The third kappa shape index (κ3) is 3.34. The van der Waals surface area contributed by atoms with E-state index < -0.39 is 0 Å². The fraction of sp³-hybridized carbons (Fsp3) is 0.364. The molecule has 16 heavy (non-hydrogen) atoms. The highest BCUT2D eigenvalue weighted by Crippen LogP contribution is 2.24. The third-order valence-electron chi connectivity index (χ3n) is 2.36. The Hall–Kier alpha value is -1.91. The Bertz CT molecular complexity index is 354. The van der Waals surface area contributed by atoms with Crippen molar-refractivity contribution >= 4 is 0 Å². The van der Waals surface area contributed by atoms with E-state index in [0.29, 0.717) is 12.8 Å². The maximum Gasteiger partial charge on any atom is 0.0852 e. The van der Waals surface area contributed by atoms with E-state index in [1.54, 1.807) is 25.5 Å². The van der Waals surface area contributed by atoms with E-state index in [2.05, 4.69) is 16.8 Å². The second kappa shape index (κ2) is 5.85. The van der Waals surface area contributed by atoms with Crippen molar-refractivity contribution in [3.8, 4) is 0 Å². The molecule has 0 fully saturated rings. The fourth-order valence-electron chi connectivity index (χ4n) is 1.50. The van der Waals surface area contributed by atoms with Gasteiger partial charge in [-0.25, -0.2) is 0 Å². The lowest BCUT2D eigenvalue weighted by atomic mass is 10.0. The Kier molecular flexibility index (Phi) is 4.44. The van der Waals surface area contributed by atoms with Crippen molar-refractivity contribution in [3.63, 3.8) is 0 Å². The van der Waals surface area contributed by atoms with Crippen molar-refractivity contribution in [2.75, 3.05) is 7.05 Å². The van der Waals surface area contributed by atoms with Crippen LogP contribution in [0.25, 0.3) is 0 Å². The molecule has 0 saturated heterocycles. The summed E-state index contributed by atoms with van der Waals surface area (Å²) in [6, 6.07) is 3.49. The molecule has 0 radical (unpaired) electrons. The summed E-state index contributed by atoms with van der Waals surface area (Å²) in [5, 5.41) is 13.3. The zero-order valence-corrected chi connectivity index (χ0v) is 9.21. The lowest BCUT2D eigenvalue weighted by molar-refractivity contribution is 0.231. The largest absolute Gasteiger partial charge is 0.513 e. The minimum absolute atomic E-state index is 0.105. The standard InChI is InChI=1S/C11H15N3O2/c1-9(15)5-6-11(14(2)13-16)10-4-3-7-12-8-10/h3-4,7-8,11,15H,1,5-6H2,2H3. The number of allylic oxidation sites excluding steroid dienone is 1. The van der Waals surface area contributed by atoms with Crippen LogP contribution in [0.1, 0.15) is 24.4 Å². The van der Waals surface area contributed by atoms with Crippen LogP contribution in [0.5, 0.6) is 0 Å². The first-order chi connectivity index (χ1) is 7.65. The van der Waals surface area contributed by atoms with E-state index in [-0.39, 0.29) is 11.8 Å². The van der Waals surface area contributed by atoms with E-state index >= 15 is 0 Å². The number of rotatable bonds is 6. The molecule has 1 aromatic rings. The van der Waals surface area contributed by atoms with Crippen molar-refractivity contribution in [1.29, 1.82) is 0 Å². The summed E-state index contributed by atoms with van der Waals surface area (Å²) in [6.45, 7) is 3.42.